The van der Waals surface area contributed by atoms with Crippen molar-refractivity contribution in [2.75, 3.05) is 6.54 Å². The number of hydrogen-bond donors (Lipinski definition) is 2. The average molecular weight is 248 g/mol. The summed E-state index contributed by atoms with van der Waals surface area (Å²) in [4.78, 5) is 20.1. The Bertz CT molecular complexity index is 398. The molecular formula is C13H20N4O. The molecule has 1 atom stereocenters. The highest BCUT2D eigenvalue weighted by atomic mass is 16.1. The second-order valence-electron chi connectivity index (χ2n) is 5.01. The van der Waals surface area contributed by atoms with Crippen LogP contribution in [0, 0.1) is 0 Å². The van der Waals surface area contributed by atoms with Crippen LogP contribution in [0.2, 0.25) is 0 Å². The summed E-state index contributed by atoms with van der Waals surface area (Å²) in [6.45, 7) is 2.43. The fourth-order valence-corrected chi connectivity index (χ4v) is 1.76. The van der Waals surface area contributed by atoms with E-state index in [0.29, 0.717) is 18.9 Å². The molecule has 0 radical (unpaired) electrons. The maximum atomic E-state index is 11.4. The summed E-state index contributed by atoms with van der Waals surface area (Å²) in [7, 11) is 0. The monoisotopic (exact) mass is 248 g/mol. The molecule has 98 valence electrons. The zero-order chi connectivity index (χ0) is 13.0. The molecule has 1 fully saturated rings. The van der Waals surface area contributed by atoms with Gasteiger partial charge in [0.05, 0.1) is 0 Å². The van der Waals surface area contributed by atoms with Crippen molar-refractivity contribution in [2.45, 2.75) is 44.6 Å². The maximum absolute atomic E-state index is 11.4. The van der Waals surface area contributed by atoms with Crippen molar-refractivity contribution in [3.8, 4) is 0 Å². The lowest BCUT2D eigenvalue weighted by Crippen LogP contribution is -2.31. The number of hydrogen-bond acceptors (Lipinski definition) is 4. The van der Waals surface area contributed by atoms with Gasteiger partial charge in [0.1, 0.15) is 5.82 Å². The Morgan fingerprint density at radius 2 is 2.17 bits per heavy atom. The largest absolute Gasteiger partial charge is 0.356 e. The molecule has 1 aromatic heterocycles. The van der Waals surface area contributed by atoms with Crippen LogP contribution in [0.4, 0.5) is 0 Å². The van der Waals surface area contributed by atoms with Crippen LogP contribution in [-0.4, -0.2) is 28.5 Å². The molecule has 0 spiro atoms. The van der Waals surface area contributed by atoms with Crippen LogP contribution in [0.1, 0.15) is 43.5 Å². The van der Waals surface area contributed by atoms with Crippen molar-refractivity contribution < 1.29 is 4.79 Å². The number of nitrogens with two attached hydrogens (primary N) is 1. The van der Waals surface area contributed by atoms with Crippen LogP contribution < -0.4 is 11.1 Å². The Labute approximate surface area is 107 Å². The van der Waals surface area contributed by atoms with Crippen molar-refractivity contribution in [1.82, 2.24) is 15.3 Å². The Kier molecular flexibility index (Phi) is 4.25. The van der Waals surface area contributed by atoms with Crippen molar-refractivity contribution >= 4 is 5.91 Å². The van der Waals surface area contributed by atoms with Gasteiger partial charge >= 0.3 is 0 Å². The minimum atomic E-state index is -0.0915. The smallest absolute Gasteiger partial charge is 0.221 e. The summed E-state index contributed by atoms with van der Waals surface area (Å²) >= 11 is 0. The lowest BCUT2D eigenvalue weighted by atomic mass is 10.2. The molecular weight excluding hydrogens is 228 g/mol. The highest BCUT2D eigenvalue weighted by molar-refractivity contribution is 5.76. The first-order valence-corrected chi connectivity index (χ1v) is 6.48. The molecule has 1 heterocycles. The van der Waals surface area contributed by atoms with E-state index in [1.165, 1.54) is 12.8 Å². The fourth-order valence-electron chi connectivity index (χ4n) is 1.76. The van der Waals surface area contributed by atoms with Gasteiger partial charge in [0.15, 0.2) is 0 Å². The molecule has 0 bridgehead atoms. The van der Waals surface area contributed by atoms with Gasteiger partial charge in [-0.15, -0.1) is 0 Å². The van der Waals surface area contributed by atoms with Crippen LogP contribution >= 0.6 is 0 Å². The van der Waals surface area contributed by atoms with E-state index >= 15 is 0 Å². The molecule has 1 aliphatic carbocycles. The second kappa shape index (κ2) is 5.91. The number of amides is 1. The van der Waals surface area contributed by atoms with E-state index in [9.17, 15) is 4.79 Å². The summed E-state index contributed by atoms with van der Waals surface area (Å²) < 4.78 is 0. The fraction of sp³-hybridized carbons (Fsp3) is 0.615. The van der Waals surface area contributed by atoms with Crippen molar-refractivity contribution in [3.05, 3.63) is 23.8 Å². The van der Waals surface area contributed by atoms with E-state index in [1.54, 1.807) is 0 Å². The highest BCUT2D eigenvalue weighted by Crippen LogP contribution is 2.37. The lowest BCUT2D eigenvalue weighted by molar-refractivity contribution is -0.121. The standard InChI is InChI=1S/C13H20N4O/c1-9(14)6-12(18)15-5-4-10-7-16-13(17-8-10)11-2-3-11/h7-9,11H,2-6,14H2,1H3,(H,15,18). The molecule has 3 N–H and O–H groups in total. The predicted molar refractivity (Wildman–Crippen MR) is 69.0 cm³/mol. The van der Waals surface area contributed by atoms with E-state index in [0.717, 1.165) is 17.8 Å². The molecule has 0 saturated heterocycles. The second-order valence-corrected chi connectivity index (χ2v) is 5.01. The van der Waals surface area contributed by atoms with Crippen LogP contribution in [0.5, 0.6) is 0 Å². The topological polar surface area (TPSA) is 80.9 Å². The molecule has 5 heteroatoms. The normalized spacial score (nSPS) is 16.3. The van der Waals surface area contributed by atoms with Crippen LogP contribution in [0.3, 0.4) is 0 Å². The summed E-state index contributed by atoms with van der Waals surface area (Å²) in [5.74, 6) is 1.55. The van der Waals surface area contributed by atoms with Crippen molar-refractivity contribution in [1.29, 1.82) is 0 Å². The van der Waals surface area contributed by atoms with Gasteiger partial charge in [-0.3, -0.25) is 4.79 Å². The zero-order valence-corrected chi connectivity index (χ0v) is 10.7. The number of nitrogens with one attached hydrogen (secondary N) is 1. The van der Waals surface area contributed by atoms with Gasteiger partial charge < -0.3 is 11.1 Å². The molecule has 1 saturated carbocycles. The SMILES string of the molecule is CC(N)CC(=O)NCCc1cnc(C2CC2)nc1. The van der Waals surface area contributed by atoms with E-state index in [4.69, 9.17) is 5.73 Å². The van der Waals surface area contributed by atoms with E-state index in [1.807, 2.05) is 19.3 Å². The molecule has 1 unspecified atom stereocenters. The Morgan fingerprint density at radius 1 is 1.50 bits per heavy atom. The van der Waals surface area contributed by atoms with Gasteiger partial charge in [-0.2, -0.15) is 0 Å². The first kappa shape index (κ1) is 13.0. The Balaban J connectivity index is 1.71. The van der Waals surface area contributed by atoms with E-state index in [2.05, 4.69) is 15.3 Å². The van der Waals surface area contributed by atoms with Crippen LogP contribution in [0.15, 0.2) is 12.4 Å². The van der Waals surface area contributed by atoms with Crippen molar-refractivity contribution in [3.63, 3.8) is 0 Å². The minimum absolute atomic E-state index is 0.000480. The molecule has 5 nitrogen and oxygen atoms in total. The molecule has 2 rings (SSSR count). The lowest BCUT2D eigenvalue weighted by Gasteiger charge is -2.07. The van der Waals surface area contributed by atoms with Gasteiger partial charge in [-0.25, -0.2) is 9.97 Å². The van der Waals surface area contributed by atoms with Crippen molar-refractivity contribution in [2.24, 2.45) is 5.73 Å². The maximum Gasteiger partial charge on any atom is 0.221 e. The Hall–Kier alpha value is -1.49. The number of carbonyl (C=O) groups is 1. The van der Waals surface area contributed by atoms with E-state index < -0.39 is 0 Å². The molecule has 0 aromatic carbocycles. The van der Waals surface area contributed by atoms with Gasteiger partial charge in [0.25, 0.3) is 0 Å². The summed E-state index contributed by atoms with van der Waals surface area (Å²) in [6, 6.07) is -0.0915. The average Bonchev–Trinajstić information content (AvgIpc) is 3.13. The molecule has 1 amide bonds. The van der Waals surface area contributed by atoms with Gasteiger partial charge in [0.2, 0.25) is 5.91 Å². The number of carbonyl (C=O) groups excluding carboxylic acids is 1. The summed E-state index contributed by atoms with van der Waals surface area (Å²) in [6.07, 6.45) is 7.28. The van der Waals surface area contributed by atoms with Crippen LogP contribution in [-0.2, 0) is 11.2 Å². The third-order valence-electron chi connectivity index (χ3n) is 2.91. The zero-order valence-electron chi connectivity index (χ0n) is 10.7. The van der Waals surface area contributed by atoms with Crippen LogP contribution in [0.25, 0.3) is 0 Å². The molecule has 18 heavy (non-hydrogen) atoms. The number of aromatic nitrogens is 2. The summed E-state index contributed by atoms with van der Waals surface area (Å²) in [5.41, 5.74) is 6.60. The molecule has 1 aromatic rings. The van der Waals surface area contributed by atoms with E-state index in [-0.39, 0.29) is 11.9 Å². The first-order chi connectivity index (χ1) is 8.65. The third-order valence-corrected chi connectivity index (χ3v) is 2.91. The Morgan fingerprint density at radius 3 is 2.72 bits per heavy atom. The number of nitrogens with zero attached hydrogens (tertiary/aromatic N) is 2. The highest BCUT2D eigenvalue weighted by Gasteiger charge is 2.25. The molecule has 1 aliphatic rings. The third kappa shape index (κ3) is 4.07. The minimum Gasteiger partial charge on any atom is -0.356 e. The van der Waals surface area contributed by atoms with Gasteiger partial charge in [-0.1, -0.05) is 0 Å². The first-order valence-electron chi connectivity index (χ1n) is 6.48. The predicted octanol–water partition coefficient (Wildman–Crippen LogP) is 0.750. The quantitative estimate of drug-likeness (QED) is 0.778. The number of rotatable bonds is 6. The van der Waals surface area contributed by atoms with Gasteiger partial charge in [-0.05, 0) is 31.7 Å². The molecule has 0 aliphatic heterocycles. The summed E-state index contributed by atoms with van der Waals surface area (Å²) in [5, 5.41) is 2.84. The van der Waals surface area contributed by atoms with Gasteiger partial charge in [0, 0.05) is 37.3 Å².